The van der Waals surface area contributed by atoms with Crippen molar-refractivity contribution in [3.63, 3.8) is 0 Å². The van der Waals surface area contributed by atoms with Crippen molar-refractivity contribution in [2.24, 2.45) is 7.05 Å². The fourth-order valence-corrected chi connectivity index (χ4v) is 3.18. The Hall–Kier alpha value is -2.80. The quantitative estimate of drug-likeness (QED) is 0.674. The molecule has 0 radical (unpaired) electrons. The van der Waals surface area contributed by atoms with Crippen LogP contribution in [0.5, 0.6) is 5.75 Å². The van der Waals surface area contributed by atoms with Crippen LogP contribution in [0.4, 0.5) is 5.69 Å². The van der Waals surface area contributed by atoms with E-state index in [1.807, 2.05) is 67.1 Å². The van der Waals surface area contributed by atoms with E-state index < -0.39 is 0 Å². The zero-order chi connectivity index (χ0) is 18.5. The van der Waals surface area contributed by atoms with Gasteiger partial charge in [0.1, 0.15) is 5.75 Å². The first-order valence-corrected chi connectivity index (χ1v) is 9.09. The molecule has 26 heavy (non-hydrogen) atoms. The van der Waals surface area contributed by atoms with Crippen LogP contribution in [0.3, 0.4) is 0 Å². The highest BCUT2D eigenvalue weighted by atomic mass is 32.2. The van der Waals surface area contributed by atoms with Crippen LogP contribution in [0.2, 0.25) is 0 Å². The Morgan fingerprint density at radius 2 is 1.88 bits per heavy atom. The van der Waals surface area contributed by atoms with Gasteiger partial charge in [-0.2, -0.15) is 0 Å². The molecular weight excluding hydrogens is 348 g/mol. The van der Waals surface area contributed by atoms with Crippen molar-refractivity contribution in [1.82, 2.24) is 14.8 Å². The molecule has 134 valence electrons. The van der Waals surface area contributed by atoms with Gasteiger partial charge in [0, 0.05) is 12.7 Å². The van der Waals surface area contributed by atoms with Crippen LogP contribution in [-0.4, -0.2) is 33.5 Å². The van der Waals surface area contributed by atoms with Gasteiger partial charge >= 0.3 is 0 Å². The van der Waals surface area contributed by atoms with Gasteiger partial charge in [-0.1, -0.05) is 41.6 Å². The largest absolute Gasteiger partial charge is 0.496 e. The van der Waals surface area contributed by atoms with E-state index >= 15 is 0 Å². The third kappa shape index (κ3) is 4.05. The van der Waals surface area contributed by atoms with E-state index in [-0.39, 0.29) is 11.7 Å². The summed E-state index contributed by atoms with van der Waals surface area (Å²) in [5.41, 5.74) is 2.80. The average molecular weight is 368 g/mol. The van der Waals surface area contributed by atoms with Crippen LogP contribution in [-0.2, 0) is 11.8 Å². The molecule has 1 heterocycles. The summed E-state index contributed by atoms with van der Waals surface area (Å²) in [7, 11) is 3.50. The lowest BCUT2D eigenvalue weighted by molar-refractivity contribution is -0.113. The van der Waals surface area contributed by atoms with Gasteiger partial charge in [0.2, 0.25) is 5.91 Å². The number of amides is 1. The number of aromatic nitrogens is 3. The Bertz CT molecular complexity index is 906. The van der Waals surface area contributed by atoms with Crippen molar-refractivity contribution >= 4 is 23.4 Å². The summed E-state index contributed by atoms with van der Waals surface area (Å²) in [4.78, 5) is 12.1. The second-order valence-corrected chi connectivity index (χ2v) is 6.71. The van der Waals surface area contributed by atoms with Gasteiger partial charge in [-0.15, -0.1) is 10.2 Å². The van der Waals surface area contributed by atoms with Gasteiger partial charge in [-0.05, 0) is 31.2 Å². The number of nitrogens with one attached hydrogen (secondary N) is 1. The predicted molar refractivity (Wildman–Crippen MR) is 104 cm³/mol. The van der Waals surface area contributed by atoms with E-state index in [9.17, 15) is 4.79 Å². The number of anilines is 1. The first-order valence-electron chi connectivity index (χ1n) is 8.10. The van der Waals surface area contributed by atoms with Crippen LogP contribution in [0.1, 0.15) is 5.56 Å². The summed E-state index contributed by atoms with van der Waals surface area (Å²) in [6, 6.07) is 15.3. The Morgan fingerprint density at radius 1 is 1.15 bits per heavy atom. The molecule has 0 aliphatic heterocycles. The topological polar surface area (TPSA) is 69.0 Å². The number of hydrogen-bond donors (Lipinski definition) is 1. The highest BCUT2D eigenvalue weighted by Gasteiger charge is 2.15. The zero-order valence-corrected chi connectivity index (χ0v) is 15.7. The number of carbonyl (C=O) groups is 1. The summed E-state index contributed by atoms with van der Waals surface area (Å²) in [6.45, 7) is 2.01. The molecule has 0 aliphatic rings. The molecule has 0 fully saturated rings. The molecule has 0 spiro atoms. The summed E-state index contributed by atoms with van der Waals surface area (Å²) in [6.07, 6.45) is 0. The van der Waals surface area contributed by atoms with Gasteiger partial charge in [0.15, 0.2) is 11.0 Å². The van der Waals surface area contributed by atoms with Crippen molar-refractivity contribution in [3.05, 3.63) is 54.1 Å². The van der Waals surface area contributed by atoms with E-state index in [2.05, 4.69) is 15.5 Å². The van der Waals surface area contributed by atoms with Crippen LogP contribution >= 0.6 is 11.8 Å². The predicted octanol–water partition coefficient (Wildman–Crippen LogP) is 3.53. The first-order chi connectivity index (χ1) is 12.6. The summed E-state index contributed by atoms with van der Waals surface area (Å²) < 4.78 is 7.25. The number of para-hydroxylation sites is 1. The maximum absolute atomic E-state index is 12.1. The molecule has 7 heteroatoms. The number of benzene rings is 2. The van der Waals surface area contributed by atoms with Crippen LogP contribution in [0.25, 0.3) is 11.4 Å². The molecule has 0 bridgehead atoms. The Morgan fingerprint density at radius 3 is 2.62 bits per heavy atom. The van der Waals surface area contributed by atoms with Gasteiger partial charge in [0.25, 0.3) is 0 Å². The molecule has 3 aromatic rings. The summed E-state index contributed by atoms with van der Waals surface area (Å²) in [5, 5.41) is 12.0. The van der Waals surface area contributed by atoms with Gasteiger partial charge < -0.3 is 14.6 Å². The normalized spacial score (nSPS) is 10.6. The lowest BCUT2D eigenvalue weighted by atomic mass is 10.2. The molecule has 0 aliphatic carbocycles. The number of aryl methyl sites for hydroxylation is 1. The minimum absolute atomic E-state index is 0.0827. The van der Waals surface area contributed by atoms with E-state index in [4.69, 9.17) is 4.74 Å². The van der Waals surface area contributed by atoms with Crippen molar-refractivity contribution in [2.45, 2.75) is 12.1 Å². The summed E-state index contributed by atoms with van der Waals surface area (Å²) >= 11 is 1.34. The Balaban J connectivity index is 1.67. The average Bonchev–Trinajstić information content (AvgIpc) is 3.02. The maximum Gasteiger partial charge on any atom is 0.234 e. The summed E-state index contributed by atoms with van der Waals surface area (Å²) in [5.74, 6) is 1.60. The molecule has 1 N–H and O–H groups in total. The van der Waals surface area contributed by atoms with Crippen molar-refractivity contribution in [1.29, 1.82) is 0 Å². The van der Waals surface area contributed by atoms with E-state index in [0.717, 1.165) is 22.6 Å². The van der Waals surface area contributed by atoms with E-state index in [1.165, 1.54) is 11.8 Å². The van der Waals surface area contributed by atoms with E-state index in [1.54, 1.807) is 7.11 Å². The number of nitrogens with zero attached hydrogens (tertiary/aromatic N) is 3. The van der Waals surface area contributed by atoms with Crippen molar-refractivity contribution in [2.75, 3.05) is 18.2 Å². The molecule has 0 unspecified atom stereocenters. The third-order valence-corrected chi connectivity index (χ3v) is 4.87. The van der Waals surface area contributed by atoms with Gasteiger partial charge in [-0.3, -0.25) is 4.79 Å². The third-order valence-electron chi connectivity index (χ3n) is 3.85. The molecule has 3 rings (SSSR count). The molecule has 0 saturated heterocycles. The molecule has 1 amide bonds. The fourth-order valence-electron chi connectivity index (χ4n) is 2.47. The smallest absolute Gasteiger partial charge is 0.234 e. The second kappa shape index (κ2) is 8.05. The Labute approximate surface area is 156 Å². The van der Waals surface area contributed by atoms with E-state index in [0.29, 0.717) is 11.0 Å². The standard InChI is InChI=1S/C19H20N4O2S/c1-13-8-10-14(11-9-13)20-17(24)12-26-19-22-21-18(23(19)2)15-6-4-5-7-16(15)25-3/h4-11H,12H2,1-3H3,(H,20,24). The maximum atomic E-state index is 12.1. The monoisotopic (exact) mass is 368 g/mol. The fraction of sp³-hybridized carbons (Fsp3) is 0.211. The van der Waals surface area contributed by atoms with Crippen molar-refractivity contribution in [3.8, 4) is 17.1 Å². The van der Waals surface area contributed by atoms with Crippen LogP contribution in [0, 0.1) is 6.92 Å². The molecule has 2 aromatic carbocycles. The minimum atomic E-state index is -0.0827. The minimum Gasteiger partial charge on any atom is -0.496 e. The number of thioether (sulfide) groups is 1. The molecule has 0 saturated carbocycles. The SMILES string of the molecule is COc1ccccc1-c1nnc(SCC(=O)Nc2ccc(C)cc2)n1C. The van der Waals surface area contributed by atoms with Gasteiger partial charge in [0.05, 0.1) is 18.4 Å². The highest BCUT2D eigenvalue weighted by molar-refractivity contribution is 7.99. The molecular formula is C19H20N4O2S. The number of methoxy groups -OCH3 is 1. The molecule has 6 nitrogen and oxygen atoms in total. The molecule has 1 aromatic heterocycles. The first kappa shape index (κ1) is 18.0. The lowest BCUT2D eigenvalue weighted by Gasteiger charge is -2.08. The Kier molecular flexibility index (Phi) is 5.58. The van der Waals surface area contributed by atoms with Crippen molar-refractivity contribution < 1.29 is 9.53 Å². The highest BCUT2D eigenvalue weighted by Crippen LogP contribution is 2.29. The zero-order valence-electron chi connectivity index (χ0n) is 14.9. The number of rotatable bonds is 6. The lowest BCUT2D eigenvalue weighted by Crippen LogP contribution is -2.14. The van der Waals surface area contributed by atoms with Crippen LogP contribution < -0.4 is 10.1 Å². The van der Waals surface area contributed by atoms with Gasteiger partial charge in [-0.25, -0.2) is 0 Å². The van der Waals surface area contributed by atoms with Crippen LogP contribution in [0.15, 0.2) is 53.7 Å². The number of carbonyl (C=O) groups excluding carboxylic acids is 1. The second-order valence-electron chi connectivity index (χ2n) is 5.77. The number of ether oxygens (including phenoxy) is 1. The number of hydrogen-bond acceptors (Lipinski definition) is 5. The molecule has 0 atom stereocenters.